The maximum atomic E-state index is 6.62. The number of hydrogen-bond donors (Lipinski definition) is 1. The Morgan fingerprint density at radius 2 is 1.31 bits per heavy atom. The van der Waals surface area contributed by atoms with Crippen molar-refractivity contribution in [3.8, 4) is 0 Å². The quantitative estimate of drug-likeness (QED) is 0.248. The average molecular weight is 373 g/mol. The summed E-state index contributed by atoms with van der Waals surface area (Å²) in [6, 6.07) is 30.9. The molecule has 0 radical (unpaired) electrons. The molecule has 6 rings (SSSR count). The highest BCUT2D eigenvalue weighted by Gasteiger charge is 2.24. The van der Waals surface area contributed by atoms with Gasteiger partial charge in [0.15, 0.2) is 0 Å². The molecule has 0 aromatic heterocycles. The molecule has 1 atom stereocenters. The van der Waals surface area contributed by atoms with Crippen molar-refractivity contribution >= 4 is 38.0 Å². The maximum absolute atomic E-state index is 6.62. The zero-order valence-electron chi connectivity index (χ0n) is 16.4. The summed E-state index contributed by atoms with van der Waals surface area (Å²) in [6.07, 6.45) is 3.34. The standard InChI is InChI=1S/C28H23N/c29-28-24-8-4-2-6-19(24)9-14-25(28)21-11-13-23-20(17-21)12-16-26-22-7-3-1-5-18(22)10-15-27(23)26/h1-10,12,14-16,21H,11,13,17,29H2. The zero-order valence-corrected chi connectivity index (χ0v) is 16.4. The van der Waals surface area contributed by atoms with Gasteiger partial charge in [0.1, 0.15) is 0 Å². The molecule has 0 heterocycles. The van der Waals surface area contributed by atoms with Gasteiger partial charge in [-0.3, -0.25) is 0 Å². The average Bonchev–Trinajstić information content (AvgIpc) is 2.78. The molecule has 0 bridgehead atoms. The molecule has 29 heavy (non-hydrogen) atoms. The molecule has 1 aliphatic rings. The third kappa shape index (κ3) is 2.54. The number of nitrogen functional groups attached to an aromatic ring is 1. The summed E-state index contributed by atoms with van der Waals surface area (Å²) in [7, 11) is 0. The highest BCUT2D eigenvalue weighted by molar-refractivity contribution is 6.08. The lowest BCUT2D eigenvalue weighted by Crippen LogP contribution is -2.14. The number of hydrogen-bond acceptors (Lipinski definition) is 1. The second-order valence-corrected chi connectivity index (χ2v) is 8.31. The molecule has 140 valence electrons. The van der Waals surface area contributed by atoms with Crippen LogP contribution >= 0.6 is 0 Å². The second-order valence-electron chi connectivity index (χ2n) is 8.31. The lowest BCUT2D eigenvalue weighted by molar-refractivity contribution is 0.590. The van der Waals surface area contributed by atoms with Crippen molar-refractivity contribution in [2.75, 3.05) is 5.73 Å². The summed E-state index contributed by atoms with van der Waals surface area (Å²) in [5, 5.41) is 7.88. The van der Waals surface area contributed by atoms with E-state index in [0.29, 0.717) is 5.92 Å². The van der Waals surface area contributed by atoms with Crippen LogP contribution < -0.4 is 5.73 Å². The largest absolute Gasteiger partial charge is 0.398 e. The minimum absolute atomic E-state index is 0.491. The summed E-state index contributed by atoms with van der Waals surface area (Å²) in [5.41, 5.74) is 11.9. The number of benzene rings is 5. The minimum atomic E-state index is 0.491. The number of fused-ring (bicyclic) bond motifs is 6. The van der Waals surface area contributed by atoms with E-state index in [-0.39, 0.29) is 0 Å². The first-order chi connectivity index (χ1) is 14.3. The Balaban J connectivity index is 1.45. The first-order valence-electron chi connectivity index (χ1n) is 10.5. The van der Waals surface area contributed by atoms with E-state index in [1.165, 1.54) is 49.0 Å². The van der Waals surface area contributed by atoms with Crippen molar-refractivity contribution in [1.82, 2.24) is 0 Å². The van der Waals surface area contributed by atoms with E-state index in [9.17, 15) is 0 Å². The maximum Gasteiger partial charge on any atom is 0.0429 e. The topological polar surface area (TPSA) is 26.0 Å². The van der Waals surface area contributed by atoms with Crippen molar-refractivity contribution in [2.24, 2.45) is 0 Å². The van der Waals surface area contributed by atoms with Crippen LogP contribution in [0.2, 0.25) is 0 Å². The fourth-order valence-electron chi connectivity index (χ4n) is 5.30. The molecule has 0 amide bonds. The number of nitrogens with two attached hydrogens (primary N) is 1. The lowest BCUT2D eigenvalue weighted by Gasteiger charge is -2.28. The van der Waals surface area contributed by atoms with E-state index >= 15 is 0 Å². The molecule has 1 nitrogen and oxygen atoms in total. The fourth-order valence-corrected chi connectivity index (χ4v) is 5.30. The van der Waals surface area contributed by atoms with Crippen molar-refractivity contribution in [3.05, 3.63) is 102 Å². The van der Waals surface area contributed by atoms with Crippen LogP contribution in [0.4, 0.5) is 5.69 Å². The van der Waals surface area contributed by atoms with Crippen LogP contribution in [0, 0.1) is 0 Å². The van der Waals surface area contributed by atoms with Crippen LogP contribution in [0.3, 0.4) is 0 Å². The van der Waals surface area contributed by atoms with Gasteiger partial charge in [-0.25, -0.2) is 0 Å². The molecule has 0 saturated carbocycles. The highest BCUT2D eigenvalue weighted by atomic mass is 14.6. The third-order valence-electron chi connectivity index (χ3n) is 6.79. The molecule has 5 aromatic rings. The van der Waals surface area contributed by atoms with Crippen LogP contribution in [-0.4, -0.2) is 0 Å². The van der Waals surface area contributed by atoms with Crippen molar-refractivity contribution < 1.29 is 0 Å². The van der Waals surface area contributed by atoms with E-state index in [0.717, 1.165) is 24.9 Å². The molecule has 5 aromatic carbocycles. The monoisotopic (exact) mass is 373 g/mol. The zero-order chi connectivity index (χ0) is 19.4. The molecule has 0 saturated heterocycles. The van der Waals surface area contributed by atoms with E-state index in [4.69, 9.17) is 5.73 Å². The lowest BCUT2D eigenvalue weighted by atomic mass is 9.77. The van der Waals surface area contributed by atoms with Crippen LogP contribution in [0.1, 0.15) is 29.0 Å². The second kappa shape index (κ2) is 6.35. The molecule has 0 aliphatic heterocycles. The Labute approximate surface area is 170 Å². The minimum Gasteiger partial charge on any atom is -0.398 e. The molecular formula is C28H23N. The number of aryl methyl sites for hydroxylation is 1. The summed E-state index contributed by atoms with van der Waals surface area (Å²) in [5.74, 6) is 0.491. The van der Waals surface area contributed by atoms with Crippen molar-refractivity contribution in [2.45, 2.75) is 25.2 Å². The molecule has 1 aliphatic carbocycles. The molecule has 0 fully saturated rings. The molecule has 2 N–H and O–H groups in total. The van der Waals surface area contributed by atoms with Gasteiger partial charge in [0.05, 0.1) is 0 Å². The fraction of sp³-hybridized carbons (Fsp3) is 0.143. The van der Waals surface area contributed by atoms with Crippen LogP contribution in [0.25, 0.3) is 32.3 Å². The Morgan fingerprint density at radius 3 is 2.17 bits per heavy atom. The normalized spacial score (nSPS) is 16.3. The molecule has 1 unspecified atom stereocenters. The van der Waals surface area contributed by atoms with Gasteiger partial charge >= 0.3 is 0 Å². The Bertz CT molecular complexity index is 1400. The van der Waals surface area contributed by atoms with E-state index in [1.807, 2.05) is 0 Å². The SMILES string of the molecule is Nc1c(C2CCc3c(ccc4c3ccc3ccccc34)C2)ccc2ccccc12. The van der Waals surface area contributed by atoms with Crippen molar-refractivity contribution in [1.29, 1.82) is 0 Å². The number of anilines is 1. The first-order valence-corrected chi connectivity index (χ1v) is 10.5. The van der Waals surface area contributed by atoms with Gasteiger partial charge < -0.3 is 5.73 Å². The molecule has 1 heteroatoms. The summed E-state index contributed by atoms with van der Waals surface area (Å²) < 4.78 is 0. The first kappa shape index (κ1) is 16.6. The van der Waals surface area contributed by atoms with E-state index < -0.39 is 0 Å². The van der Waals surface area contributed by atoms with E-state index in [1.54, 1.807) is 0 Å². The summed E-state index contributed by atoms with van der Waals surface area (Å²) >= 11 is 0. The predicted molar refractivity (Wildman–Crippen MR) is 125 cm³/mol. The van der Waals surface area contributed by atoms with Gasteiger partial charge in [-0.2, -0.15) is 0 Å². The van der Waals surface area contributed by atoms with Gasteiger partial charge in [0.2, 0.25) is 0 Å². The molecular weight excluding hydrogens is 350 g/mol. The van der Waals surface area contributed by atoms with Crippen molar-refractivity contribution in [3.63, 3.8) is 0 Å². The Morgan fingerprint density at radius 1 is 0.621 bits per heavy atom. The van der Waals surface area contributed by atoms with Gasteiger partial charge in [-0.15, -0.1) is 0 Å². The van der Waals surface area contributed by atoms with Gasteiger partial charge in [-0.05, 0) is 68.8 Å². The number of rotatable bonds is 1. The molecule has 0 spiro atoms. The van der Waals surface area contributed by atoms with Gasteiger partial charge in [-0.1, -0.05) is 84.9 Å². The summed E-state index contributed by atoms with van der Waals surface area (Å²) in [4.78, 5) is 0. The predicted octanol–water partition coefficient (Wildman–Crippen LogP) is 7.00. The smallest absolute Gasteiger partial charge is 0.0429 e. The highest BCUT2D eigenvalue weighted by Crippen LogP contribution is 2.40. The third-order valence-corrected chi connectivity index (χ3v) is 6.79. The van der Waals surface area contributed by atoms with Crippen LogP contribution in [0.5, 0.6) is 0 Å². The Hall–Kier alpha value is -3.32. The van der Waals surface area contributed by atoms with Crippen LogP contribution in [-0.2, 0) is 12.8 Å². The Kier molecular flexibility index (Phi) is 3.64. The summed E-state index contributed by atoms with van der Waals surface area (Å²) in [6.45, 7) is 0. The van der Waals surface area contributed by atoms with Crippen LogP contribution in [0.15, 0.2) is 84.9 Å². The van der Waals surface area contributed by atoms with Gasteiger partial charge in [0, 0.05) is 11.1 Å². The van der Waals surface area contributed by atoms with E-state index in [2.05, 4.69) is 84.9 Å². The van der Waals surface area contributed by atoms with Gasteiger partial charge in [0.25, 0.3) is 0 Å².